The maximum Gasteiger partial charge on any atom is 0.389 e. The number of nitrogens with zero attached hydrogens (tertiary/aromatic N) is 2. The Labute approximate surface area is 166 Å². The molecule has 0 aliphatic carbocycles. The Morgan fingerprint density at radius 1 is 1.25 bits per heavy atom. The van der Waals surface area contributed by atoms with E-state index in [1.165, 1.54) is 0 Å². The van der Waals surface area contributed by atoms with Crippen LogP contribution in [-0.2, 0) is 29.0 Å². The number of benzene rings is 1. The Morgan fingerprint density at radius 2 is 1.89 bits per heavy atom. The predicted octanol–water partition coefficient (Wildman–Crippen LogP) is 5.10. The van der Waals surface area contributed by atoms with Gasteiger partial charge in [-0.1, -0.05) is 24.6 Å². The van der Waals surface area contributed by atoms with Gasteiger partial charge in [0.25, 0.3) is 0 Å². The van der Waals surface area contributed by atoms with Gasteiger partial charge in [0.05, 0.1) is 23.5 Å². The number of hydrogen-bond acceptors (Lipinski definition) is 4. The standard InChI is InChI=1S/C18H22ClF3N2O.CO2/c1-4-14-16(19)17(24(5-2)23-14)13-9-8-12(11-15(13)25-3)7-6-10-18(20,21)22;2-1-3/h8-9,11H,4-7,10H2,1-3H3;. The monoisotopic (exact) mass is 418 g/mol. The molecule has 0 atom stereocenters. The minimum atomic E-state index is -4.12. The Kier molecular flexibility index (Phi) is 9.22. The number of aryl methyl sites for hydroxylation is 3. The minimum Gasteiger partial charge on any atom is -0.496 e. The number of halogens is 4. The summed E-state index contributed by atoms with van der Waals surface area (Å²) in [6.07, 6.45) is -3.54. The van der Waals surface area contributed by atoms with E-state index in [0.717, 1.165) is 28.9 Å². The molecule has 0 saturated carbocycles. The summed E-state index contributed by atoms with van der Waals surface area (Å²) in [6.45, 7) is 4.62. The Balaban J connectivity index is 0.00000122. The van der Waals surface area contributed by atoms with Crippen LogP contribution in [0.3, 0.4) is 0 Å². The molecule has 0 radical (unpaired) electrons. The Morgan fingerprint density at radius 3 is 2.39 bits per heavy atom. The molecule has 9 heteroatoms. The smallest absolute Gasteiger partial charge is 0.389 e. The van der Waals surface area contributed by atoms with E-state index >= 15 is 0 Å². The van der Waals surface area contributed by atoms with Crippen LogP contribution in [-0.4, -0.2) is 29.2 Å². The molecule has 0 amide bonds. The van der Waals surface area contributed by atoms with Gasteiger partial charge in [-0.2, -0.15) is 27.9 Å². The second-order valence-corrected chi connectivity index (χ2v) is 6.24. The minimum absolute atomic E-state index is 0.0552. The van der Waals surface area contributed by atoms with Crippen LogP contribution in [0.4, 0.5) is 13.2 Å². The van der Waals surface area contributed by atoms with Crippen molar-refractivity contribution in [3.63, 3.8) is 0 Å². The van der Waals surface area contributed by atoms with Crippen molar-refractivity contribution in [1.29, 1.82) is 0 Å². The van der Waals surface area contributed by atoms with Crippen LogP contribution in [0.25, 0.3) is 11.3 Å². The molecule has 0 saturated heterocycles. The summed E-state index contributed by atoms with van der Waals surface area (Å²) in [5, 5.41) is 5.09. The molecule has 1 aromatic heterocycles. The number of hydrogen-bond donors (Lipinski definition) is 0. The van der Waals surface area contributed by atoms with Crippen LogP contribution >= 0.6 is 11.6 Å². The molecule has 154 valence electrons. The van der Waals surface area contributed by atoms with Crippen LogP contribution < -0.4 is 4.74 Å². The van der Waals surface area contributed by atoms with Crippen molar-refractivity contribution in [2.24, 2.45) is 0 Å². The predicted molar refractivity (Wildman–Crippen MR) is 98.3 cm³/mol. The van der Waals surface area contributed by atoms with Crippen molar-refractivity contribution in [1.82, 2.24) is 9.78 Å². The summed E-state index contributed by atoms with van der Waals surface area (Å²) in [4.78, 5) is 16.2. The normalized spacial score (nSPS) is 10.8. The second kappa shape index (κ2) is 10.9. The van der Waals surface area contributed by atoms with Crippen molar-refractivity contribution in [3.8, 4) is 17.0 Å². The van der Waals surface area contributed by atoms with E-state index in [4.69, 9.17) is 25.9 Å². The lowest BCUT2D eigenvalue weighted by atomic mass is 10.0. The van der Waals surface area contributed by atoms with E-state index in [9.17, 15) is 13.2 Å². The van der Waals surface area contributed by atoms with Gasteiger partial charge in [0.1, 0.15) is 5.75 Å². The van der Waals surface area contributed by atoms with Gasteiger partial charge in [-0.05, 0) is 43.9 Å². The molecule has 2 rings (SSSR count). The van der Waals surface area contributed by atoms with Gasteiger partial charge in [-0.15, -0.1) is 0 Å². The first kappa shape index (κ1) is 23.7. The second-order valence-electron chi connectivity index (χ2n) is 5.87. The van der Waals surface area contributed by atoms with Crippen LogP contribution in [0.1, 0.15) is 37.9 Å². The van der Waals surface area contributed by atoms with E-state index in [-0.39, 0.29) is 12.6 Å². The lowest BCUT2D eigenvalue weighted by Gasteiger charge is -2.13. The summed E-state index contributed by atoms with van der Waals surface area (Å²) in [6, 6.07) is 5.44. The number of alkyl halides is 3. The van der Waals surface area contributed by atoms with E-state index < -0.39 is 12.6 Å². The molecule has 0 aliphatic rings. The number of carbonyl (C=O) groups excluding carboxylic acids is 2. The fourth-order valence-electron chi connectivity index (χ4n) is 2.78. The Hall–Kier alpha value is -2.31. The molecule has 0 N–H and O–H groups in total. The summed E-state index contributed by atoms with van der Waals surface area (Å²) in [5.41, 5.74) is 3.19. The van der Waals surface area contributed by atoms with Crippen LogP contribution in [0, 0.1) is 0 Å². The van der Waals surface area contributed by atoms with E-state index in [0.29, 0.717) is 23.7 Å². The summed E-state index contributed by atoms with van der Waals surface area (Å²) >= 11 is 6.48. The molecule has 1 heterocycles. The molecular weight excluding hydrogens is 397 g/mol. The highest BCUT2D eigenvalue weighted by atomic mass is 35.5. The highest BCUT2D eigenvalue weighted by molar-refractivity contribution is 6.33. The average molecular weight is 419 g/mol. The molecule has 5 nitrogen and oxygen atoms in total. The number of rotatable bonds is 7. The highest BCUT2D eigenvalue weighted by Crippen LogP contribution is 2.37. The fraction of sp³-hybridized carbons (Fsp3) is 0.474. The van der Waals surface area contributed by atoms with Crippen molar-refractivity contribution in [3.05, 3.63) is 34.5 Å². The first-order chi connectivity index (χ1) is 13.2. The molecule has 0 unspecified atom stereocenters. The average Bonchev–Trinajstić information content (AvgIpc) is 2.96. The van der Waals surface area contributed by atoms with Gasteiger partial charge in [-0.3, -0.25) is 4.68 Å². The first-order valence-electron chi connectivity index (χ1n) is 8.70. The van der Waals surface area contributed by atoms with Gasteiger partial charge in [-0.25, -0.2) is 0 Å². The van der Waals surface area contributed by atoms with E-state index in [2.05, 4.69) is 5.10 Å². The summed E-state index contributed by atoms with van der Waals surface area (Å²) < 4.78 is 44.2. The largest absolute Gasteiger partial charge is 0.496 e. The van der Waals surface area contributed by atoms with Gasteiger partial charge >= 0.3 is 12.3 Å². The highest BCUT2D eigenvalue weighted by Gasteiger charge is 2.26. The fourth-order valence-corrected chi connectivity index (χ4v) is 3.15. The van der Waals surface area contributed by atoms with Crippen LogP contribution in [0.2, 0.25) is 5.02 Å². The summed E-state index contributed by atoms with van der Waals surface area (Å²) in [7, 11) is 1.54. The third-order valence-electron chi connectivity index (χ3n) is 4.04. The van der Waals surface area contributed by atoms with Crippen molar-refractivity contribution in [2.75, 3.05) is 7.11 Å². The number of aromatic nitrogens is 2. The number of ether oxygens (including phenoxy) is 1. The Bertz CT molecular complexity index is 813. The third-order valence-corrected chi connectivity index (χ3v) is 4.44. The SMILES string of the molecule is CCc1nn(CC)c(-c2ccc(CCCC(F)(F)F)cc2OC)c1Cl.O=C=O. The van der Waals surface area contributed by atoms with E-state index in [1.54, 1.807) is 13.2 Å². The van der Waals surface area contributed by atoms with E-state index in [1.807, 2.05) is 30.7 Å². The number of methoxy groups -OCH3 is 1. The lowest BCUT2D eigenvalue weighted by Crippen LogP contribution is -2.07. The zero-order valence-electron chi connectivity index (χ0n) is 15.9. The molecule has 0 fully saturated rings. The molecular formula is C19H22ClF3N2O3. The van der Waals surface area contributed by atoms with Gasteiger partial charge in [0.2, 0.25) is 0 Å². The quantitative estimate of drug-likeness (QED) is 0.628. The van der Waals surface area contributed by atoms with Gasteiger partial charge in [0, 0.05) is 18.5 Å². The topological polar surface area (TPSA) is 61.2 Å². The lowest BCUT2D eigenvalue weighted by molar-refractivity contribution is -0.191. The first-order valence-corrected chi connectivity index (χ1v) is 9.08. The molecule has 0 spiro atoms. The maximum absolute atomic E-state index is 12.3. The van der Waals surface area contributed by atoms with Crippen LogP contribution in [0.15, 0.2) is 18.2 Å². The molecule has 1 aromatic carbocycles. The molecule has 0 bridgehead atoms. The van der Waals surface area contributed by atoms with Gasteiger partial charge < -0.3 is 4.74 Å². The third kappa shape index (κ3) is 6.39. The molecule has 28 heavy (non-hydrogen) atoms. The summed E-state index contributed by atoms with van der Waals surface area (Å²) in [5.74, 6) is 0.587. The zero-order valence-corrected chi connectivity index (χ0v) is 16.7. The maximum atomic E-state index is 12.3. The van der Waals surface area contributed by atoms with Gasteiger partial charge in [0.15, 0.2) is 0 Å². The molecule has 2 aromatic rings. The van der Waals surface area contributed by atoms with Crippen molar-refractivity contribution >= 4 is 17.8 Å². The van der Waals surface area contributed by atoms with Crippen LogP contribution in [0.5, 0.6) is 5.75 Å². The van der Waals surface area contributed by atoms with Crippen molar-refractivity contribution < 1.29 is 27.5 Å². The zero-order chi connectivity index (χ0) is 21.3. The molecule has 0 aliphatic heterocycles. The van der Waals surface area contributed by atoms with Crippen molar-refractivity contribution in [2.45, 2.75) is 52.3 Å².